The van der Waals surface area contributed by atoms with Gasteiger partial charge in [0.05, 0.1) is 23.7 Å². The van der Waals surface area contributed by atoms with Crippen molar-refractivity contribution in [3.05, 3.63) is 45.2 Å². The maximum atomic E-state index is 12.6. The van der Waals surface area contributed by atoms with Crippen LogP contribution in [0.25, 0.3) is 0 Å². The van der Waals surface area contributed by atoms with Crippen LogP contribution in [0.2, 0.25) is 0 Å². The Morgan fingerprint density at radius 2 is 1.96 bits per heavy atom. The van der Waals surface area contributed by atoms with Crippen molar-refractivity contribution >= 4 is 11.6 Å². The molecule has 0 N–H and O–H groups in total. The van der Waals surface area contributed by atoms with Gasteiger partial charge >= 0.3 is 5.69 Å². The highest BCUT2D eigenvalue weighted by atomic mass is 16.6. The van der Waals surface area contributed by atoms with E-state index in [4.69, 9.17) is 9.15 Å². The Balaban J connectivity index is 1.75. The van der Waals surface area contributed by atoms with Gasteiger partial charge in [0.25, 0.3) is 5.91 Å². The topological polar surface area (TPSA) is 104 Å². The lowest BCUT2D eigenvalue weighted by Gasteiger charge is -2.34. The maximum absolute atomic E-state index is 12.6. The summed E-state index contributed by atoms with van der Waals surface area (Å²) in [6.45, 7) is 8.36. The maximum Gasteiger partial charge on any atom is 0.312 e. The second-order valence-electron chi connectivity index (χ2n) is 6.67. The van der Waals surface area contributed by atoms with E-state index in [2.05, 4.69) is 5.10 Å². The molecule has 1 aliphatic heterocycles. The molecule has 26 heavy (non-hydrogen) atoms. The van der Waals surface area contributed by atoms with Gasteiger partial charge in [0.15, 0.2) is 5.76 Å². The average Bonchev–Trinajstić information content (AvgIpc) is 3.11. The van der Waals surface area contributed by atoms with Gasteiger partial charge in [-0.2, -0.15) is 5.10 Å². The van der Waals surface area contributed by atoms with E-state index >= 15 is 0 Å². The van der Waals surface area contributed by atoms with E-state index in [0.29, 0.717) is 30.2 Å². The molecule has 2 atom stereocenters. The van der Waals surface area contributed by atoms with E-state index in [1.165, 1.54) is 4.68 Å². The van der Waals surface area contributed by atoms with Crippen LogP contribution in [0.4, 0.5) is 5.69 Å². The third-order valence-electron chi connectivity index (χ3n) is 4.41. The van der Waals surface area contributed by atoms with Gasteiger partial charge in [-0.25, -0.2) is 0 Å². The fourth-order valence-corrected chi connectivity index (χ4v) is 3.33. The fourth-order valence-electron chi connectivity index (χ4n) is 3.33. The summed E-state index contributed by atoms with van der Waals surface area (Å²) in [7, 11) is 0. The van der Waals surface area contributed by atoms with Crippen molar-refractivity contribution in [2.45, 2.75) is 46.4 Å². The van der Waals surface area contributed by atoms with E-state index in [0.717, 1.165) is 0 Å². The first kappa shape index (κ1) is 18.1. The largest absolute Gasteiger partial charge is 0.454 e. The number of aromatic nitrogens is 2. The SMILES string of the molecule is Cc1nn(Cc2ccc(C(=O)N3C[C@H](C)O[C@@H](C)C3)o2)c(C)c1[N+](=O)[O-]. The van der Waals surface area contributed by atoms with Crippen molar-refractivity contribution in [2.24, 2.45) is 0 Å². The first-order valence-electron chi connectivity index (χ1n) is 8.48. The van der Waals surface area contributed by atoms with Crippen LogP contribution in [-0.4, -0.2) is 50.8 Å². The number of hydrogen-bond acceptors (Lipinski definition) is 6. The summed E-state index contributed by atoms with van der Waals surface area (Å²) in [5.74, 6) is 0.582. The lowest BCUT2D eigenvalue weighted by molar-refractivity contribution is -0.386. The number of rotatable bonds is 4. The van der Waals surface area contributed by atoms with Crippen molar-refractivity contribution in [2.75, 3.05) is 13.1 Å². The van der Waals surface area contributed by atoms with Gasteiger partial charge in [0, 0.05) is 13.1 Å². The lowest BCUT2D eigenvalue weighted by Crippen LogP contribution is -2.48. The van der Waals surface area contributed by atoms with Crippen molar-refractivity contribution < 1.29 is 18.9 Å². The quantitative estimate of drug-likeness (QED) is 0.611. The minimum atomic E-state index is -0.438. The van der Waals surface area contributed by atoms with E-state index in [9.17, 15) is 14.9 Å². The smallest absolute Gasteiger partial charge is 0.312 e. The van der Waals surface area contributed by atoms with Gasteiger partial charge < -0.3 is 14.1 Å². The van der Waals surface area contributed by atoms with Gasteiger partial charge in [-0.3, -0.25) is 19.6 Å². The molecule has 1 saturated heterocycles. The number of hydrogen-bond donors (Lipinski definition) is 0. The molecule has 9 heteroatoms. The molecule has 1 fully saturated rings. The summed E-state index contributed by atoms with van der Waals surface area (Å²) in [5.41, 5.74) is 0.809. The summed E-state index contributed by atoms with van der Waals surface area (Å²) in [6, 6.07) is 3.32. The van der Waals surface area contributed by atoms with E-state index in [1.54, 1.807) is 30.9 Å². The number of carbonyl (C=O) groups excluding carboxylic acids is 1. The van der Waals surface area contributed by atoms with E-state index in [1.807, 2.05) is 13.8 Å². The molecule has 2 aromatic rings. The minimum absolute atomic E-state index is 0.00384. The van der Waals surface area contributed by atoms with Crippen molar-refractivity contribution in [3.8, 4) is 0 Å². The zero-order valence-electron chi connectivity index (χ0n) is 15.3. The molecule has 2 aromatic heterocycles. The molecule has 3 rings (SSSR count). The Labute approximate surface area is 150 Å². The highest BCUT2D eigenvalue weighted by Crippen LogP contribution is 2.23. The van der Waals surface area contributed by atoms with Gasteiger partial charge in [0.1, 0.15) is 17.1 Å². The zero-order chi connectivity index (χ0) is 19.0. The van der Waals surface area contributed by atoms with E-state index < -0.39 is 4.92 Å². The Morgan fingerprint density at radius 1 is 1.31 bits per heavy atom. The van der Waals surface area contributed by atoms with Crippen LogP contribution in [0.5, 0.6) is 0 Å². The second-order valence-corrected chi connectivity index (χ2v) is 6.67. The minimum Gasteiger partial charge on any atom is -0.454 e. The summed E-state index contributed by atoms with van der Waals surface area (Å²) in [4.78, 5) is 25.0. The van der Waals surface area contributed by atoms with Gasteiger partial charge in [-0.15, -0.1) is 0 Å². The Kier molecular flexibility index (Phi) is 4.82. The summed E-state index contributed by atoms with van der Waals surface area (Å²) >= 11 is 0. The van der Waals surface area contributed by atoms with Crippen molar-refractivity contribution in [1.29, 1.82) is 0 Å². The van der Waals surface area contributed by atoms with Crippen LogP contribution in [0, 0.1) is 24.0 Å². The molecule has 0 aliphatic carbocycles. The fraction of sp³-hybridized carbons (Fsp3) is 0.529. The van der Waals surface area contributed by atoms with Crippen LogP contribution in [-0.2, 0) is 11.3 Å². The normalized spacial score (nSPS) is 20.4. The number of carbonyl (C=O) groups is 1. The van der Waals surface area contributed by atoms with Crippen LogP contribution < -0.4 is 0 Å². The third-order valence-corrected chi connectivity index (χ3v) is 4.41. The Morgan fingerprint density at radius 3 is 2.54 bits per heavy atom. The Bertz CT molecular complexity index is 830. The average molecular weight is 362 g/mol. The molecule has 9 nitrogen and oxygen atoms in total. The van der Waals surface area contributed by atoms with Crippen LogP contribution in [0.3, 0.4) is 0 Å². The molecule has 3 heterocycles. The van der Waals surface area contributed by atoms with Gasteiger partial charge in [-0.1, -0.05) is 0 Å². The molecule has 0 aromatic carbocycles. The van der Waals surface area contributed by atoms with Gasteiger partial charge in [-0.05, 0) is 39.8 Å². The molecular formula is C17H22N4O5. The van der Waals surface area contributed by atoms with Crippen LogP contribution >= 0.6 is 0 Å². The summed E-state index contributed by atoms with van der Waals surface area (Å²) in [5, 5.41) is 15.3. The molecule has 0 bridgehead atoms. The number of nitro groups is 1. The molecule has 1 aliphatic rings. The summed E-state index contributed by atoms with van der Waals surface area (Å²) < 4.78 is 12.8. The van der Waals surface area contributed by atoms with Crippen LogP contribution in [0.1, 0.15) is 41.6 Å². The molecule has 0 saturated carbocycles. The Hall–Kier alpha value is -2.68. The van der Waals surface area contributed by atoms with Gasteiger partial charge in [0.2, 0.25) is 0 Å². The number of morpholine rings is 1. The number of amides is 1. The summed E-state index contributed by atoms with van der Waals surface area (Å²) in [6.07, 6.45) is -0.0419. The molecule has 0 radical (unpaired) electrons. The molecule has 0 spiro atoms. The predicted octanol–water partition coefficient (Wildman–Crippen LogP) is 2.30. The zero-order valence-corrected chi connectivity index (χ0v) is 15.3. The number of furan rings is 1. The molecule has 1 amide bonds. The van der Waals surface area contributed by atoms with Crippen LogP contribution in [0.15, 0.2) is 16.5 Å². The number of nitrogens with zero attached hydrogens (tertiary/aromatic N) is 4. The van der Waals surface area contributed by atoms with Crippen molar-refractivity contribution in [1.82, 2.24) is 14.7 Å². The third kappa shape index (κ3) is 3.48. The predicted molar refractivity (Wildman–Crippen MR) is 92.1 cm³/mol. The second kappa shape index (κ2) is 6.91. The first-order valence-corrected chi connectivity index (χ1v) is 8.48. The molecular weight excluding hydrogens is 340 g/mol. The first-order chi connectivity index (χ1) is 12.3. The number of ether oxygens (including phenoxy) is 1. The lowest BCUT2D eigenvalue weighted by atomic mass is 10.2. The number of aryl methyl sites for hydroxylation is 1. The van der Waals surface area contributed by atoms with Crippen molar-refractivity contribution in [3.63, 3.8) is 0 Å². The standard InChI is InChI=1S/C17H22N4O5/c1-10-7-19(8-11(2)25-10)17(22)15-6-5-14(26-15)9-20-13(4)16(21(23)24)12(3)18-20/h5-6,10-11H,7-9H2,1-4H3/t10-,11-/m0/s1. The highest BCUT2D eigenvalue weighted by Gasteiger charge is 2.28. The molecule has 140 valence electrons. The highest BCUT2D eigenvalue weighted by molar-refractivity contribution is 5.91. The molecule has 0 unspecified atom stereocenters. The van der Waals surface area contributed by atoms with E-state index in [-0.39, 0.29) is 36.1 Å². The monoisotopic (exact) mass is 362 g/mol.